The molecule has 4 atom stereocenters. The summed E-state index contributed by atoms with van der Waals surface area (Å²) in [6.45, 7) is 0.357. The van der Waals surface area contributed by atoms with E-state index in [1.54, 1.807) is 7.11 Å². The van der Waals surface area contributed by atoms with E-state index in [4.69, 9.17) is 10.5 Å². The van der Waals surface area contributed by atoms with E-state index in [0.29, 0.717) is 13.0 Å². The van der Waals surface area contributed by atoms with Crippen LogP contribution in [-0.2, 0) is 14.3 Å². The number of amides is 1. The van der Waals surface area contributed by atoms with Gasteiger partial charge in [-0.2, -0.15) is 0 Å². The zero-order chi connectivity index (χ0) is 13.3. The first-order valence-electron chi connectivity index (χ1n) is 6.36. The minimum absolute atomic E-state index is 0.119. The Morgan fingerprint density at radius 3 is 2.61 bits per heavy atom. The first kappa shape index (κ1) is 13.3. The predicted molar refractivity (Wildman–Crippen MR) is 63.9 cm³/mol. The lowest BCUT2D eigenvalue weighted by atomic mass is 10.0. The average molecular weight is 256 g/mol. The first-order valence-corrected chi connectivity index (χ1v) is 6.36. The number of aliphatic carboxylic acids is 1. The Labute approximate surface area is 106 Å². The fourth-order valence-electron chi connectivity index (χ4n) is 2.95. The van der Waals surface area contributed by atoms with Gasteiger partial charge in [0.05, 0.1) is 12.0 Å². The van der Waals surface area contributed by atoms with E-state index in [0.717, 1.165) is 19.3 Å². The molecule has 1 aliphatic heterocycles. The van der Waals surface area contributed by atoms with Crippen molar-refractivity contribution in [2.75, 3.05) is 13.7 Å². The SMILES string of the molecule is COC1CC(C(=O)O)N(C(=O)C2CCCC2N)C1. The van der Waals surface area contributed by atoms with Crippen molar-refractivity contribution in [3.05, 3.63) is 0 Å². The van der Waals surface area contributed by atoms with Crippen molar-refractivity contribution < 1.29 is 19.4 Å². The van der Waals surface area contributed by atoms with Crippen molar-refractivity contribution in [3.63, 3.8) is 0 Å². The minimum atomic E-state index is -0.963. The molecule has 1 saturated carbocycles. The van der Waals surface area contributed by atoms with Crippen LogP contribution in [0.4, 0.5) is 0 Å². The summed E-state index contributed by atoms with van der Waals surface area (Å²) in [6.07, 6.45) is 2.72. The lowest BCUT2D eigenvalue weighted by Gasteiger charge is -2.26. The maximum atomic E-state index is 12.4. The number of nitrogens with two attached hydrogens (primary N) is 1. The Balaban J connectivity index is 2.10. The molecule has 2 aliphatic rings. The molecule has 2 rings (SSSR count). The third kappa shape index (κ3) is 2.35. The van der Waals surface area contributed by atoms with Gasteiger partial charge in [-0.1, -0.05) is 6.42 Å². The molecule has 1 heterocycles. The van der Waals surface area contributed by atoms with Crippen LogP contribution in [0.1, 0.15) is 25.7 Å². The quantitative estimate of drug-likeness (QED) is 0.730. The van der Waals surface area contributed by atoms with Gasteiger partial charge in [0, 0.05) is 26.1 Å². The van der Waals surface area contributed by atoms with E-state index in [1.807, 2.05) is 0 Å². The molecule has 0 aromatic heterocycles. The molecule has 102 valence electrons. The molecular weight excluding hydrogens is 236 g/mol. The largest absolute Gasteiger partial charge is 0.480 e. The number of hydrogen-bond donors (Lipinski definition) is 2. The molecule has 0 radical (unpaired) electrons. The van der Waals surface area contributed by atoms with Crippen LogP contribution in [-0.4, -0.2) is 53.7 Å². The Bertz CT molecular complexity index is 347. The van der Waals surface area contributed by atoms with Crippen molar-refractivity contribution >= 4 is 11.9 Å². The van der Waals surface area contributed by atoms with Crippen LogP contribution >= 0.6 is 0 Å². The number of likely N-dealkylation sites (tertiary alicyclic amines) is 1. The molecule has 1 saturated heterocycles. The van der Waals surface area contributed by atoms with Gasteiger partial charge in [0.2, 0.25) is 5.91 Å². The van der Waals surface area contributed by atoms with E-state index in [1.165, 1.54) is 4.90 Å². The number of nitrogens with zero attached hydrogens (tertiary/aromatic N) is 1. The smallest absolute Gasteiger partial charge is 0.326 e. The molecule has 6 nitrogen and oxygen atoms in total. The number of carbonyl (C=O) groups excluding carboxylic acids is 1. The Hall–Kier alpha value is -1.14. The van der Waals surface area contributed by atoms with Crippen LogP contribution in [0.25, 0.3) is 0 Å². The molecule has 0 bridgehead atoms. The molecule has 6 heteroatoms. The number of carboxylic acid groups (broad SMARTS) is 1. The summed E-state index contributed by atoms with van der Waals surface area (Å²) in [4.78, 5) is 25.0. The molecule has 18 heavy (non-hydrogen) atoms. The fourth-order valence-corrected chi connectivity index (χ4v) is 2.95. The lowest BCUT2D eigenvalue weighted by molar-refractivity contribution is -0.150. The highest BCUT2D eigenvalue weighted by atomic mass is 16.5. The number of carboxylic acids is 1. The summed E-state index contributed by atoms with van der Waals surface area (Å²) in [5.74, 6) is -1.30. The normalized spacial score (nSPS) is 36.0. The molecule has 0 spiro atoms. The van der Waals surface area contributed by atoms with Gasteiger partial charge in [0.1, 0.15) is 6.04 Å². The molecule has 2 fully saturated rings. The monoisotopic (exact) mass is 256 g/mol. The number of carbonyl (C=O) groups is 2. The molecule has 0 aromatic carbocycles. The number of ether oxygens (including phenoxy) is 1. The summed E-state index contributed by atoms with van der Waals surface area (Å²) in [5.41, 5.74) is 5.91. The summed E-state index contributed by atoms with van der Waals surface area (Å²) in [7, 11) is 1.54. The summed E-state index contributed by atoms with van der Waals surface area (Å²) < 4.78 is 5.17. The van der Waals surface area contributed by atoms with Crippen LogP contribution < -0.4 is 5.73 Å². The van der Waals surface area contributed by atoms with Gasteiger partial charge < -0.3 is 20.5 Å². The zero-order valence-corrected chi connectivity index (χ0v) is 10.5. The minimum Gasteiger partial charge on any atom is -0.480 e. The van der Waals surface area contributed by atoms with Gasteiger partial charge >= 0.3 is 5.97 Å². The molecule has 3 N–H and O–H groups in total. The highest BCUT2D eigenvalue weighted by molar-refractivity contribution is 5.86. The van der Waals surface area contributed by atoms with Gasteiger partial charge in [0.25, 0.3) is 0 Å². The Morgan fingerprint density at radius 1 is 1.39 bits per heavy atom. The first-order chi connectivity index (χ1) is 8.54. The van der Waals surface area contributed by atoms with Crippen LogP contribution in [0.15, 0.2) is 0 Å². The average Bonchev–Trinajstić information content (AvgIpc) is 2.93. The van der Waals surface area contributed by atoms with Crippen molar-refractivity contribution in [2.45, 2.75) is 43.9 Å². The highest BCUT2D eigenvalue weighted by Crippen LogP contribution is 2.29. The highest BCUT2D eigenvalue weighted by Gasteiger charge is 2.43. The van der Waals surface area contributed by atoms with Crippen molar-refractivity contribution in [1.82, 2.24) is 4.90 Å². The van der Waals surface area contributed by atoms with Crippen LogP contribution in [0, 0.1) is 5.92 Å². The zero-order valence-electron chi connectivity index (χ0n) is 10.5. The molecule has 1 aliphatic carbocycles. The van der Waals surface area contributed by atoms with E-state index in [2.05, 4.69) is 0 Å². The number of methoxy groups -OCH3 is 1. The maximum absolute atomic E-state index is 12.4. The molecular formula is C12H20N2O4. The van der Waals surface area contributed by atoms with Crippen molar-refractivity contribution in [2.24, 2.45) is 11.7 Å². The van der Waals surface area contributed by atoms with Gasteiger partial charge in [0.15, 0.2) is 0 Å². The third-order valence-corrected chi connectivity index (χ3v) is 4.05. The molecule has 1 amide bonds. The van der Waals surface area contributed by atoms with Crippen LogP contribution in [0.5, 0.6) is 0 Å². The van der Waals surface area contributed by atoms with E-state index in [9.17, 15) is 14.7 Å². The number of rotatable bonds is 3. The molecule has 0 aromatic rings. The van der Waals surface area contributed by atoms with Gasteiger partial charge in [-0.3, -0.25) is 4.79 Å². The Kier molecular flexibility index (Phi) is 3.87. The van der Waals surface area contributed by atoms with Gasteiger partial charge in [-0.15, -0.1) is 0 Å². The maximum Gasteiger partial charge on any atom is 0.326 e. The second-order valence-electron chi connectivity index (χ2n) is 5.14. The lowest BCUT2D eigenvalue weighted by Crippen LogP contribution is -2.46. The van der Waals surface area contributed by atoms with E-state index < -0.39 is 12.0 Å². The molecule has 4 unspecified atom stereocenters. The van der Waals surface area contributed by atoms with Crippen LogP contribution in [0.3, 0.4) is 0 Å². The van der Waals surface area contributed by atoms with Gasteiger partial charge in [-0.25, -0.2) is 4.79 Å². The number of hydrogen-bond acceptors (Lipinski definition) is 4. The third-order valence-electron chi connectivity index (χ3n) is 4.05. The Morgan fingerprint density at radius 2 is 2.11 bits per heavy atom. The topological polar surface area (TPSA) is 92.9 Å². The second-order valence-corrected chi connectivity index (χ2v) is 5.14. The van der Waals surface area contributed by atoms with E-state index in [-0.39, 0.29) is 24.0 Å². The van der Waals surface area contributed by atoms with Gasteiger partial charge in [-0.05, 0) is 12.8 Å². The van der Waals surface area contributed by atoms with Crippen molar-refractivity contribution in [1.29, 1.82) is 0 Å². The van der Waals surface area contributed by atoms with E-state index >= 15 is 0 Å². The standard InChI is InChI=1S/C12H20N2O4/c1-18-7-5-10(12(16)17)14(6-7)11(15)8-3-2-4-9(8)13/h7-10H,2-6,13H2,1H3,(H,16,17). The van der Waals surface area contributed by atoms with Crippen LogP contribution in [0.2, 0.25) is 0 Å². The summed E-state index contributed by atoms with van der Waals surface area (Å²) >= 11 is 0. The second kappa shape index (κ2) is 5.24. The van der Waals surface area contributed by atoms with Crippen molar-refractivity contribution in [3.8, 4) is 0 Å². The predicted octanol–water partition coefficient (Wildman–Crippen LogP) is -0.186. The summed E-state index contributed by atoms with van der Waals surface area (Å²) in [6, 6.07) is -0.899. The fraction of sp³-hybridized carbons (Fsp3) is 0.833. The summed E-state index contributed by atoms with van der Waals surface area (Å²) in [5, 5.41) is 9.17.